The van der Waals surface area contributed by atoms with Gasteiger partial charge in [0.15, 0.2) is 0 Å². The van der Waals surface area contributed by atoms with E-state index in [1.54, 1.807) is 0 Å². The number of carbonyl (C=O) groups excluding carboxylic acids is 4. The number of hydrogen-bond donors (Lipinski definition) is 8. The van der Waals surface area contributed by atoms with Crippen LogP contribution in [0, 0.1) is 0 Å². The van der Waals surface area contributed by atoms with E-state index in [2.05, 4.69) is 0 Å². The summed E-state index contributed by atoms with van der Waals surface area (Å²) >= 11 is 0. The average Bonchev–Trinajstić information content (AvgIpc) is 2.56. The maximum absolute atomic E-state index is 12.0. The molecular weight excluding hydrogens is 370 g/mol. The van der Waals surface area contributed by atoms with Gasteiger partial charge in [0.1, 0.15) is 18.1 Å². The molecule has 4 amide bonds. The van der Waals surface area contributed by atoms with Crippen LogP contribution in [0.1, 0.15) is 12.8 Å². The molecule has 0 fully saturated rings. The van der Waals surface area contributed by atoms with E-state index in [0.717, 1.165) is 0 Å². The molecule has 3 unspecified atom stereocenters. The molecule has 0 aliphatic rings. The molecule has 0 bridgehead atoms. The lowest BCUT2D eigenvalue weighted by Crippen LogP contribution is -2.54. The molecular formula is C13H21N5O9. The van der Waals surface area contributed by atoms with Gasteiger partial charge in [-0.05, 0) is 0 Å². The van der Waals surface area contributed by atoms with Gasteiger partial charge >= 0.3 is 11.9 Å². The molecule has 3 atom stereocenters. The summed E-state index contributed by atoms with van der Waals surface area (Å²) in [5.74, 6) is -6.99. The van der Waals surface area contributed by atoms with Crippen LogP contribution in [0.15, 0.2) is 0 Å². The maximum Gasteiger partial charge on any atom is 0.326 e. The Balaban J connectivity index is 4.80. The predicted octanol–water partition coefficient (Wildman–Crippen LogP) is -5.17. The molecule has 0 aromatic carbocycles. The van der Waals surface area contributed by atoms with E-state index in [4.69, 9.17) is 26.8 Å². The van der Waals surface area contributed by atoms with Crippen LogP contribution in [-0.4, -0.2) is 82.2 Å². The zero-order chi connectivity index (χ0) is 21.1. The zero-order valence-corrected chi connectivity index (χ0v) is 14.0. The summed E-state index contributed by atoms with van der Waals surface area (Å²) in [4.78, 5) is 67.6. The summed E-state index contributed by atoms with van der Waals surface area (Å²) in [6, 6.07) is -4.59. The topological polar surface area (TPSA) is 251 Å². The van der Waals surface area contributed by atoms with Crippen molar-refractivity contribution in [3.63, 3.8) is 0 Å². The smallest absolute Gasteiger partial charge is 0.326 e. The lowest BCUT2D eigenvalue weighted by atomic mass is 10.1. The van der Waals surface area contributed by atoms with Crippen molar-refractivity contribution in [3.8, 4) is 0 Å². The van der Waals surface area contributed by atoms with E-state index in [0.29, 0.717) is 0 Å². The Labute approximate surface area is 152 Å². The van der Waals surface area contributed by atoms with Crippen molar-refractivity contribution in [1.29, 1.82) is 0 Å². The van der Waals surface area contributed by atoms with Crippen molar-refractivity contribution in [2.24, 2.45) is 11.5 Å². The van der Waals surface area contributed by atoms with Crippen molar-refractivity contribution < 1.29 is 44.1 Å². The van der Waals surface area contributed by atoms with Crippen LogP contribution in [-0.2, 0) is 28.8 Å². The van der Waals surface area contributed by atoms with Crippen molar-refractivity contribution in [2.45, 2.75) is 31.0 Å². The van der Waals surface area contributed by atoms with Crippen LogP contribution in [0.5, 0.6) is 0 Å². The fourth-order valence-electron chi connectivity index (χ4n) is 1.68. The van der Waals surface area contributed by atoms with Crippen molar-refractivity contribution in [2.75, 3.05) is 13.2 Å². The lowest BCUT2D eigenvalue weighted by molar-refractivity contribution is -0.143. The van der Waals surface area contributed by atoms with Gasteiger partial charge in [-0.25, -0.2) is 4.79 Å². The predicted molar refractivity (Wildman–Crippen MR) is 85.6 cm³/mol. The SMILES string of the molecule is NC(=O)CC(NC(=O)CNC(=O)C(CC(=O)O)NC(=O)C(N)CO)C(=O)O. The van der Waals surface area contributed by atoms with Crippen molar-refractivity contribution >= 4 is 35.6 Å². The molecule has 0 rings (SSSR count). The Kier molecular flexibility index (Phi) is 10.0. The van der Waals surface area contributed by atoms with Crippen LogP contribution in [0.4, 0.5) is 0 Å². The number of primary amides is 1. The van der Waals surface area contributed by atoms with Gasteiger partial charge in [0, 0.05) is 0 Å². The molecule has 14 nitrogen and oxygen atoms in total. The second-order valence-electron chi connectivity index (χ2n) is 5.29. The lowest BCUT2D eigenvalue weighted by Gasteiger charge is -2.19. The third-order valence-corrected chi connectivity index (χ3v) is 3.01. The monoisotopic (exact) mass is 391 g/mol. The van der Waals surface area contributed by atoms with E-state index in [9.17, 15) is 28.8 Å². The number of aliphatic carboxylic acids is 2. The highest BCUT2D eigenvalue weighted by Gasteiger charge is 2.27. The summed E-state index contributed by atoms with van der Waals surface area (Å²) in [5.41, 5.74) is 10.1. The van der Waals surface area contributed by atoms with E-state index in [1.165, 1.54) is 0 Å². The van der Waals surface area contributed by atoms with Gasteiger partial charge in [-0.2, -0.15) is 0 Å². The van der Waals surface area contributed by atoms with Gasteiger partial charge < -0.3 is 42.7 Å². The van der Waals surface area contributed by atoms with Crippen LogP contribution < -0.4 is 27.4 Å². The molecule has 0 radical (unpaired) electrons. The van der Waals surface area contributed by atoms with Gasteiger partial charge in [0.25, 0.3) is 0 Å². The molecule has 14 heteroatoms. The quantitative estimate of drug-likeness (QED) is 0.157. The highest BCUT2D eigenvalue weighted by Crippen LogP contribution is 1.95. The van der Waals surface area contributed by atoms with Crippen molar-refractivity contribution in [3.05, 3.63) is 0 Å². The first-order valence-electron chi connectivity index (χ1n) is 7.44. The minimum absolute atomic E-state index is 0.675. The Bertz CT molecular complexity index is 609. The highest BCUT2D eigenvalue weighted by molar-refractivity contribution is 5.94. The van der Waals surface area contributed by atoms with Gasteiger partial charge in [-0.1, -0.05) is 0 Å². The fourth-order valence-corrected chi connectivity index (χ4v) is 1.68. The number of nitrogens with one attached hydrogen (secondary N) is 3. The number of carboxylic acid groups (broad SMARTS) is 2. The first-order valence-corrected chi connectivity index (χ1v) is 7.44. The maximum atomic E-state index is 12.0. The second kappa shape index (κ2) is 11.4. The summed E-state index contributed by atoms with van der Waals surface area (Å²) in [6.07, 6.45) is -1.51. The van der Waals surface area contributed by atoms with E-state index in [-0.39, 0.29) is 0 Å². The van der Waals surface area contributed by atoms with Gasteiger partial charge in [-0.15, -0.1) is 0 Å². The first-order chi connectivity index (χ1) is 12.5. The number of carbonyl (C=O) groups is 6. The fraction of sp³-hybridized carbons (Fsp3) is 0.538. The van der Waals surface area contributed by atoms with E-state index < -0.39 is 79.7 Å². The van der Waals surface area contributed by atoms with Gasteiger partial charge in [0.2, 0.25) is 23.6 Å². The van der Waals surface area contributed by atoms with E-state index in [1.807, 2.05) is 16.0 Å². The summed E-state index contributed by atoms with van der Waals surface area (Å²) in [6.45, 7) is -1.51. The molecule has 0 saturated heterocycles. The first kappa shape index (κ1) is 23.7. The van der Waals surface area contributed by atoms with Gasteiger partial charge in [0.05, 0.1) is 26.0 Å². The zero-order valence-electron chi connectivity index (χ0n) is 14.0. The van der Waals surface area contributed by atoms with E-state index >= 15 is 0 Å². The molecule has 0 aliphatic carbocycles. The minimum atomic E-state index is -1.61. The van der Waals surface area contributed by atoms with Gasteiger partial charge in [-0.3, -0.25) is 24.0 Å². The molecule has 27 heavy (non-hydrogen) atoms. The van der Waals surface area contributed by atoms with Crippen LogP contribution in [0.2, 0.25) is 0 Å². The molecule has 0 saturated carbocycles. The molecule has 0 aliphatic heterocycles. The molecule has 0 spiro atoms. The molecule has 152 valence electrons. The second-order valence-corrected chi connectivity index (χ2v) is 5.29. The number of aliphatic hydroxyl groups excluding tert-OH is 1. The third kappa shape index (κ3) is 9.71. The minimum Gasteiger partial charge on any atom is -0.481 e. The van der Waals surface area contributed by atoms with Crippen molar-refractivity contribution in [1.82, 2.24) is 16.0 Å². The summed E-state index contributed by atoms with van der Waals surface area (Å²) in [5, 5.41) is 32.4. The normalized spacial score (nSPS) is 13.6. The largest absolute Gasteiger partial charge is 0.481 e. The van der Waals surface area contributed by atoms with Crippen LogP contribution >= 0.6 is 0 Å². The summed E-state index contributed by atoms with van der Waals surface area (Å²) < 4.78 is 0. The van der Waals surface area contributed by atoms with Crippen LogP contribution in [0.3, 0.4) is 0 Å². The highest BCUT2D eigenvalue weighted by atomic mass is 16.4. The Morgan fingerprint density at radius 2 is 1.48 bits per heavy atom. The average molecular weight is 391 g/mol. The number of rotatable bonds is 12. The Morgan fingerprint density at radius 1 is 0.889 bits per heavy atom. The van der Waals surface area contributed by atoms with Crippen LogP contribution in [0.25, 0.3) is 0 Å². The number of carboxylic acids is 2. The number of nitrogens with two attached hydrogens (primary N) is 2. The molecule has 0 heterocycles. The molecule has 0 aromatic heterocycles. The number of aliphatic hydroxyl groups is 1. The Hall–Kier alpha value is -3.26. The Morgan fingerprint density at radius 3 is 1.93 bits per heavy atom. The summed E-state index contributed by atoms with van der Waals surface area (Å²) in [7, 11) is 0. The standard InChI is InChI=1S/C13H21N5O9/c14-5(4-19)11(24)18-6(2-10(22)23)12(25)16-3-9(21)17-7(13(26)27)1-8(15)20/h5-7,19H,1-4,14H2,(H2,15,20)(H,16,25)(H,17,21)(H,18,24)(H,22,23)(H,26,27). The number of amides is 4. The molecule has 0 aromatic rings. The third-order valence-electron chi connectivity index (χ3n) is 3.01. The molecule has 10 N–H and O–H groups in total. The number of hydrogen-bond acceptors (Lipinski definition) is 8.